The predicted molar refractivity (Wildman–Crippen MR) is 113 cm³/mol. The zero-order chi connectivity index (χ0) is 18.8. The van der Waals surface area contributed by atoms with Gasteiger partial charge in [-0.25, -0.2) is 0 Å². The van der Waals surface area contributed by atoms with Crippen LogP contribution in [0, 0.1) is 5.92 Å². The van der Waals surface area contributed by atoms with Crippen molar-refractivity contribution in [3.05, 3.63) is 48.5 Å². The van der Waals surface area contributed by atoms with Crippen molar-refractivity contribution < 1.29 is 9.59 Å². The second-order valence-corrected chi connectivity index (χ2v) is 8.78. The van der Waals surface area contributed by atoms with Crippen molar-refractivity contribution in [1.29, 1.82) is 0 Å². The average molecular weight is 399 g/mol. The number of para-hydroxylation sites is 1. The average Bonchev–Trinajstić information content (AvgIpc) is 2.96. The molecule has 27 heavy (non-hydrogen) atoms. The van der Waals surface area contributed by atoms with Gasteiger partial charge in [-0.3, -0.25) is 9.59 Å². The van der Waals surface area contributed by atoms with Crippen molar-refractivity contribution in [2.45, 2.75) is 22.6 Å². The summed E-state index contributed by atoms with van der Waals surface area (Å²) in [6.07, 6.45) is 3.28. The van der Waals surface area contributed by atoms with Gasteiger partial charge in [-0.2, -0.15) is 0 Å². The Bertz CT molecular complexity index is 854. The number of rotatable bonds is 3. The first-order chi connectivity index (χ1) is 13.2. The maximum atomic E-state index is 13.3. The van der Waals surface area contributed by atoms with Crippen LogP contribution in [0.3, 0.4) is 0 Å². The van der Waals surface area contributed by atoms with Gasteiger partial charge in [0, 0.05) is 35.0 Å². The molecule has 140 valence electrons. The van der Waals surface area contributed by atoms with Crippen LogP contribution in [-0.4, -0.2) is 36.9 Å². The Hall–Kier alpha value is -1.92. The van der Waals surface area contributed by atoms with E-state index >= 15 is 0 Å². The maximum absolute atomic E-state index is 13.3. The van der Waals surface area contributed by atoms with Gasteiger partial charge >= 0.3 is 0 Å². The molecule has 2 aliphatic rings. The van der Waals surface area contributed by atoms with E-state index in [0.717, 1.165) is 39.9 Å². The number of carbonyl (C=O) groups is 2. The molecule has 1 saturated heterocycles. The molecule has 6 heteroatoms. The number of anilines is 2. The second kappa shape index (κ2) is 7.98. The second-order valence-electron chi connectivity index (χ2n) is 6.76. The summed E-state index contributed by atoms with van der Waals surface area (Å²) in [5, 5.41) is 0. The van der Waals surface area contributed by atoms with E-state index in [1.165, 1.54) is 0 Å². The zero-order valence-corrected chi connectivity index (χ0v) is 16.9. The van der Waals surface area contributed by atoms with Crippen molar-refractivity contribution in [3.8, 4) is 0 Å². The molecule has 0 bridgehead atoms. The summed E-state index contributed by atoms with van der Waals surface area (Å²) in [6.45, 7) is 1.18. The van der Waals surface area contributed by atoms with Gasteiger partial charge in [-0.15, -0.1) is 23.5 Å². The van der Waals surface area contributed by atoms with Gasteiger partial charge in [-0.1, -0.05) is 12.1 Å². The van der Waals surface area contributed by atoms with E-state index in [0.29, 0.717) is 6.54 Å². The Balaban J connectivity index is 1.54. The topological polar surface area (TPSA) is 40.6 Å². The van der Waals surface area contributed by atoms with E-state index < -0.39 is 0 Å². The van der Waals surface area contributed by atoms with Crippen LogP contribution < -0.4 is 9.80 Å². The first kappa shape index (κ1) is 18.4. The van der Waals surface area contributed by atoms with E-state index in [9.17, 15) is 9.59 Å². The number of thioether (sulfide) groups is 2. The first-order valence-electron chi connectivity index (χ1n) is 9.15. The number of benzene rings is 2. The fourth-order valence-electron chi connectivity index (χ4n) is 3.66. The van der Waals surface area contributed by atoms with E-state index in [-0.39, 0.29) is 24.2 Å². The van der Waals surface area contributed by atoms with Crippen LogP contribution in [0.4, 0.5) is 11.4 Å². The van der Waals surface area contributed by atoms with Crippen molar-refractivity contribution in [2.24, 2.45) is 5.92 Å². The van der Waals surface area contributed by atoms with E-state index in [1.54, 1.807) is 28.4 Å². The summed E-state index contributed by atoms with van der Waals surface area (Å²) in [6, 6.07) is 16.0. The van der Waals surface area contributed by atoms with Crippen LogP contribution in [0.2, 0.25) is 0 Å². The summed E-state index contributed by atoms with van der Waals surface area (Å²) in [5.41, 5.74) is 1.86. The minimum absolute atomic E-state index is 0.0303. The smallest absolute Gasteiger partial charge is 0.232 e. The SMILES string of the molecule is CSc1ccc(N2C[C@@H](C(=O)N3CCCSc4ccccc43)CC2=O)cc1. The third-order valence-electron chi connectivity index (χ3n) is 5.06. The lowest BCUT2D eigenvalue weighted by molar-refractivity contribution is -0.124. The van der Waals surface area contributed by atoms with E-state index in [4.69, 9.17) is 0 Å². The Morgan fingerprint density at radius 1 is 1.15 bits per heavy atom. The molecule has 0 saturated carbocycles. The monoisotopic (exact) mass is 398 g/mol. The zero-order valence-electron chi connectivity index (χ0n) is 15.3. The number of hydrogen-bond donors (Lipinski definition) is 0. The van der Waals surface area contributed by atoms with Crippen LogP contribution in [0.25, 0.3) is 0 Å². The molecule has 2 aromatic rings. The Morgan fingerprint density at radius 2 is 1.93 bits per heavy atom. The van der Waals surface area contributed by atoms with Crippen LogP contribution in [0.15, 0.2) is 58.3 Å². The normalized spacial score (nSPS) is 19.7. The molecular weight excluding hydrogens is 376 g/mol. The lowest BCUT2D eigenvalue weighted by Gasteiger charge is -2.25. The summed E-state index contributed by atoms with van der Waals surface area (Å²) < 4.78 is 0. The highest BCUT2D eigenvalue weighted by Crippen LogP contribution is 2.36. The molecular formula is C21H22N2O2S2. The number of carbonyl (C=O) groups excluding carboxylic acids is 2. The predicted octanol–water partition coefficient (Wildman–Crippen LogP) is 4.29. The van der Waals surface area contributed by atoms with Crippen molar-refractivity contribution in [3.63, 3.8) is 0 Å². The summed E-state index contributed by atoms with van der Waals surface area (Å²) >= 11 is 3.48. The number of nitrogens with zero attached hydrogens (tertiary/aromatic N) is 2. The van der Waals surface area contributed by atoms with Crippen molar-refractivity contribution in [1.82, 2.24) is 0 Å². The van der Waals surface area contributed by atoms with Crippen LogP contribution in [-0.2, 0) is 9.59 Å². The molecule has 0 aromatic heterocycles. The minimum atomic E-state index is -0.283. The molecule has 2 amide bonds. The Labute approximate surface area is 168 Å². The number of hydrogen-bond acceptors (Lipinski definition) is 4. The van der Waals surface area contributed by atoms with Gasteiger partial charge in [-0.05, 0) is 54.8 Å². The molecule has 0 aliphatic carbocycles. The summed E-state index contributed by atoms with van der Waals surface area (Å²) in [5.74, 6) is 0.830. The van der Waals surface area contributed by atoms with Gasteiger partial charge in [0.2, 0.25) is 11.8 Å². The number of fused-ring (bicyclic) bond motifs is 1. The molecule has 0 N–H and O–H groups in total. The first-order valence-corrected chi connectivity index (χ1v) is 11.4. The van der Waals surface area contributed by atoms with Crippen molar-refractivity contribution >= 4 is 46.7 Å². The van der Waals surface area contributed by atoms with Crippen LogP contribution in [0.5, 0.6) is 0 Å². The molecule has 4 nitrogen and oxygen atoms in total. The third kappa shape index (κ3) is 3.73. The van der Waals surface area contributed by atoms with Crippen LogP contribution in [0.1, 0.15) is 12.8 Å². The molecule has 2 aromatic carbocycles. The van der Waals surface area contributed by atoms with Gasteiger partial charge in [0.05, 0.1) is 11.6 Å². The van der Waals surface area contributed by atoms with Crippen molar-refractivity contribution in [2.75, 3.05) is 34.9 Å². The van der Waals surface area contributed by atoms with Gasteiger partial charge in [0.25, 0.3) is 0 Å². The van der Waals surface area contributed by atoms with Gasteiger partial charge < -0.3 is 9.80 Å². The number of amides is 2. The Kier molecular flexibility index (Phi) is 5.45. The van der Waals surface area contributed by atoms with E-state index in [2.05, 4.69) is 6.07 Å². The summed E-state index contributed by atoms with van der Waals surface area (Å²) in [7, 11) is 0. The lowest BCUT2D eigenvalue weighted by Crippen LogP contribution is -2.38. The largest absolute Gasteiger partial charge is 0.312 e. The Morgan fingerprint density at radius 3 is 2.70 bits per heavy atom. The fourth-order valence-corrected chi connectivity index (χ4v) is 5.06. The lowest BCUT2D eigenvalue weighted by atomic mass is 10.1. The summed E-state index contributed by atoms with van der Waals surface area (Å²) in [4.78, 5) is 31.8. The molecule has 2 heterocycles. The quantitative estimate of drug-likeness (QED) is 0.723. The van der Waals surface area contributed by atoms with Crippen LogP contribution >= 0.6 is 23.5 Å². The molecule has 4 rings (SSSR count). The van der Waals surface area contributed by atoms with E-state index in [1.807, 2.05) is 53.6 Å². The third-order valence-corrected chi connectivity index (χ3v) is 6.96. The molecule has 1 fully saturated rings. The highest BCUT2D eigenvalue weighted by atomic mass is 32.2. The highest BCUT2D eigenvalue weighted by Gasteiger charge is 2.38. The molecule has 0 spiro atoms. The maximum Gasteiger partial charge on any atom is 0.232 e. The van der Waals surface area contributed by atoms with Gasteiger partial charge in [0.15, 0.2) is 0 Å². The molecule has 0 unspecified atom stereocenters. The minimum Gasteiger partial charge on any atom is -0.312 e. The molecule has 0 radical (unpaired) electrons. The highest BCUT2D eigenvalue weighted by molar-refractivity contribution is 7.99. The standard InChI is InChI=1S/C21H22N2O2S2/c1-26-17-9-7-16(8-10-17)23-14-15(13-20(23)24)21(25)22-11-4-12-27-19-6-3-2-5-18(19)22/h2-3,5-10,15H,4,11-14H2,1H3/t15-/m0/s1. The molecule has 1 atom stereocenters. The fraction of sp³-hybridized carbons (Fsp3) is 0.333. The molecule has 2 aliphatic heterocycles. The van der Waals surface area contributed by atoms with Gasteiger partial charge in [0.1, 0.15) is 0 Å².